The Kier molecular flexibility index (Phi) is 7.17. The van der Waals surface area contributed by atoms with Crippen molar-refractivity contribution in [2.24, 2.45) is 0 Å². The summed E-state index contributed by atoms with van der Waals surface area (Å²) in [6, 6.07) is 17.3. The molecular formula is C19H20N2O5. The van der Waals surface area contributed by atoms with Gasteiger partial charge in [0.25, 0.3) is 5.91 Å². The lowest BCUT2D eigenvalue weighted by molar-refractivity contribution is -0.150. The van der Waals surface area contributed by atoms with Crippen LogP contribution in [0, 0.1) is 0 Å². The zero-order chi connectivity index (χ0) is 18.8. The van der Waals surface area contributed by atoms with Crippen LogP contribution in [0.15, 0.2) is 54.6 Å². The van der Waals surface area contributed by atoms with Crippen molar-refractivity contribution in [3.05, 3.63) is 65.7 Å². The maximum atomic E-state index is 11.7. The first-order chi connectivity index (χ1) is 12.5. The number of rotatable bonds is 7. The van der Waals surface area contributed by atoms with Crippen molar-refractivity contribution in [1.82, 2.24) is 10.9 Å². The van der Waals surface area contributed by atoms with Crippen LogP contribution in [0.5, 0.6) is 5.75 Å². The third-order valence-electron chi connectivity index (χ3n) is 3.30. The first kappa shape index (κ1) is 19.0. The zero-order valence-corrected chi connectivity index (χ0v) is 14.4. The van der Waals surface area contributed by atoms with Gasteiger partial charge in [0.2, 0.25) is 5.91 Å². The lowest BCUT2D eigenvalue weighted by Crippen LogP contribution is -2.42. The van der Waals surface area contributed by atoms with E-state index in [1.165, 1.54) is 6.92 Å². The molecule has 7 heteroatoms. The molecule has 0 fully saturated rings. The summed E-state index contributed by atoms with van der Waals surface area (Å²) >= 11 is 0. The number of carbonyl (C=O) groups is 3. The predicted molar refractivity (Wildman–Crippen MR) is 94.1 cm³/mol. The standard InChI is InChI=1S/C19H20N2O5/c1-14(22)20-21-18(23)12-26-19(24)13-25-17-10-6-5-9-16(17)11-15-7-3-2-4-8-15/h2-10H,11-13H2,1H3,(H,20,22)(H,21,23). The van der Waals surface area contributed by atoms with E-state index in [9.17, 15) is 14.4 Å². The van der Waals surface area contributed by atoms with Crippen molar-refractivity contribution in [2.75, 3.05) is 13.2 Å². The van der Waals surface area contributed by atoms with Gasteiger partial charge in [-0.2, -0.15) is 0 Å². The Bertz CT molecular complexity index is 762. The van der Waals surface area contributed by atoms with Gasteiger partial charge in [-0.15, -0.1) is 0 Å². The van der Waals surface area contributed by atoms with Crippen LogP contribution in [0.4, 0.5) is 0 Å². The fourth-order valence-corrected chi connectivity index (χ4v) is 2.12. The van der Waals surface area contributed by atoms with Gasteiger partial charge in [0.05, 0.1) is 0 Å². The van der Waals surface area contributed by atoms with Crippen molar-refractivity contribution >= 4 is 17.8 Å². The lowest BCUT2D eigenvalue weighted by atomic mass is 10.0. The molecule has 2 amide bonds. The summed E-state index contributed by atoms with van der Waals surface area (Å²) in [7, 11) is 0. The minimum Gasteiger partial charge on any atom is -0.482 e. The molecule has 0 spiro atoms. The first-order valence-electron chi connectivity index (χ1n) is 8.00. The van der Waals surface area contributed by atoms with E-state index in [1.807, 2.05) is 48.5 Å². The second-order valence-corrected chi connectivity index (χ2v) is 5.45. The quantitative estimate of drug-likeness (QED) is 0.577. The molecule has 0 aliphatic heterocycles. The fraction of sp³-hybridized carbons (Fsp3) is 0.211. The molecule has 0 unspecified atom stereocenters. The summed E-state index contributed by atoms with van der Waals surface area (Å²) in [4.78, 5) is 33.7. The van der Waals surface area contributed by atoms with Gasteiger partial charge in [0.1, 0.15) is 5.75 Å². The molecule has 2 aromatic carbocycles. The minimum absolute atomic E-state index is 0.320. The number of esters is 1. The van der Waals surface area contributed by atoms with Crippen molar-refractivity contribution < 1.29 is 23.9 Å². The van der Waals surface area contributed by atoms with Gasteiger partial charge in [0.15, 0.2) is 13.2 Å². The van der Waals surface area contributed by atoms with Crippen molar-refractivity contribution in [3.8, 4) is 5.75 Å². The normalized spacial score (nSPS) is 9.88. The molecule has 0 aliphatic rings. The number of nitrogens with one attached hydrogen (secondary N) is 2. The van der Waals surface area contributed by atoms with E-state index in [4.69, 9.17) is 9.47 Å². The van der Waals surface area contributed by atoms with Crippen molar-refractivity contribution in [2.45, 2.75) is 13.3 Å². The van der Waals surface area contributed by atoms with Crippen LogP contribution in [0.2, 0.25) is 0 Å². The number of ether oxygens (including phenoxy) is 2. The Labute approximate surface area is 151 Å². The average Bonchev–Trinajstić information content (AvgIpc) is 2.64. The fourth-order valence-electron chi connectivity index (χ4n) is 2.12. The van der Waals surface area contributed by atoms with Gasteiger partial charge >= 0.3 is 5.97 Å². The molecule has 0 radical (unpaired) electrons. The smallest absolute Gasteiger partial charge is 0.344 e. The molecule has 0 saturated heterocycles. The topological polar surface area (TPSA) is 93.7 Å². The van der Waals surface area contributed by atoms with E-state index in [0.29, 0.717) is 12.2 Å². The van der Waals surface area contributed by atoms with Crippen LogP contribution in [0.3, 0.4) is 0 Å². The molecule has 7 nitrogen and oxygen atoms in total. The molecule has 0 saturated carbocycles. The number of hydrazine groups is 1. The predicted octanol–water partition coefficient (Wildman–Crippen LogP) is 1.37. The van der Waals surface area contributed by atoms with E-state index in [1.54, 1.807) is 6.07 Å². The van der Waals surface area contributed by atoms with Crippen LogP contribution < -0.4 is 15.6 Å². The number of para-hydroxylation sites is 1. The summed E-state index contributed by atoms with van der Waals surface area (Å²) in [5, 5.41) is 0. The van der Waals surface area contributed by atoms with Crippen LogP contribution in [-0.2, 0) is 25.5 Å². The summed E-state index contributed by atoms with van der Waals surface area (Å²) in [5.41, 5.74) is 6.25. The highest BCUT2D eigenvalue weighted by Gasteiger charge is 2.10. The summed E-state index contributed by atoms with van der Waals surface area (Å²) in [6.07, 6.45) is 0.672. The molecule has 0 atom stereocenters. The molecule has 0 aromatic heterocycles. The minimum atomic E-state index is -0.683. The highest BCUT2D eigenvalue weighted by atomic mass is 16.6. The van der Waals surface area contributed by atoms with E-state index >= 15 is 0 Å². The molecule has 2 rings (SSSR count). The number of carbonyl (C=O) groups excluding carboxylic acids is 3. The van der Waals surface area contributed by atoms with Crippen LogP contribution in [0.1, 0.15) is 18.1 Å². The van der Waals surface area contributed by atoms with Gasteiger partial charge < -0.3 is 9.47 Å². The van der Waals surface area contributed by atoms with Gasteiger partial charge in [-0.25, -0.2) is 4.79 Å². The summed E-state index contributed by atoms with van der Waals surface area (Å²) in [6.45, 7) is 0.417. The molecule has 26 heavy (non-hydrogen) atoms. The van der Waals surface area contributed by atoms with E-state index in [2.05, 4.69) is 10.9 Å². The Morgan fingerprint density at radius 3 is 2.31 bits per heavy atom. The Balaban J connectivity index is 1.82. The number of amides is 2. The van der Waals surface area contributed by atoms with Gasteiger partial charge in [-0.1, -0.05) is 48.5 Å². The monoisotopic (exact) mass is 356 g/mol. The summed E-state index contributed by atoms with van der Waals surface area (Å²) in [5.74, 6) is -1.17. The van der Waals surface area contributed by atoms with Crippen LogP contribution in [0.25, 0.3) is 0 Å². The van der Waals surface area contributed by atoms with E-state index in [-0.39, 0.29) is 6.61 Å². The van der Waals surface area contributed by atoms with Crippen LogP contribution in [-0.4, -0.2) is 31.0 Å². The summed E-state index contributed by atoms with van der Waals surface area (Å²) < 4.78 is 10.3. The van der Waals surface area contributed by atoms with Gasteiger partial charge in [-0.3, -0.25) is 20.4 Å². The lowest BCUT2D eigenvalue weighted by Gasteiger charge is -2.11. The van der Waals surface area contributed by atoms with E-state index < -0.39 is 24.4 Å². The first-order valence-corrected chi connectivity index (χ1v) is 8.00. The molecule has 2 aromatic rings. The number of hydrogen-bond acceptors (Lipinski definition) is 5. The Hall–Kier alpha value is -3.35. The average molecular weight is 356 g/mol. The second-order valence-electron chi connectivity index (χ2n) is 5.45. The SMILES string of the molecule is CC(=O)NNC(=O)COC(=O)COc1ccccc1Cc1ccccc1. The van der Waals surface area contributed by atoms with Crippen molar-refractivity contribution in [3.63, 3.8) is 0 Å². The molecule has 2 N–H and O–H groups in total. The number of hydrogen-bond donors (Lipinski definition) is 2. The largest absolute Gasteiger partial charge is 0.482 e. The van der Waals surface area contributed by atoms with Crippen molar-refractivity contribution in [1.29, 1.82) is 0 Å². The Morgan fingerprint density at radius 1 is 0.885 bits per heavy atom. The maximum Gasteiger partial charge on any atom is 0.344 e. The second kappa shape index (κ2) is 9.83. The third kappa shape index (κ3) is 6.64. The van der Waals surface area contributed by atoms with E-state index in [0.717, 1.165) is 11.1 Å². The maximum absolute atomic E-state index is 11.7. The van der Waals surface area contributed by atoms with Crippen LogP contribution >= 0.6 is 0 Å². The Morgan fingerprint density at radius 2 is 1.58 bits per heavy atom. The number of benzene rings is 2. The molecular weight excluding hydrogens is 336 g/mol. The zero-order valence-electron chi connectivity index (χ0n) is 14.4. The molecule has 0 heterocycles. The highest BCUT2D eigenvalue weighted by Crippen LogP contribution is 2.21. The highest BCUT2D eigenvalue weighted by molar-refractivity contribution is 5.83. The van der Waals surface area contributed by atoms with Gasteiger partial charge in [-0.05, 0) is 17.2 Å². The van der Waals surface area contributed by atoms with Gasteiger partial charge in [0, 0.05) is 13.3 Å². The molecule has 0 bridgehead atoms. The molecule has 136 valence electrons. The third-order valence-corrected chi connectivity index (χ3v) is 3.30. The molecule has 0 aliphatic carbocycles.